The highest BCUT2D eigenvalue weighted by molar-refractivity contribution is 6.30. The second-order valence-corrected chi connectivity index (χ2v) is 7.53. The highest BCUT2D eigenvalue weighted by Crippen LogP contribution is 2.35. The van der Waals surface area contributed by atoms with Crippen molar-refractivity contribution in [3.05, 3.63) is 34.9 Å². The van der Waals surface area contributed by atoms with Gasteiger partial charge < -0.3 is 10.1 Å². The fourth-order valence-corrected chi connectivity index (χ4v) is 3.24. The average molecular weight is 310 g/mol. The summed E-state index contributed by atoms with van der Waals surface area (Å²) in [6, 6.07) is 8.74. The summed E-state index contributed by atoms with van der Waals surface area (Å²) < 4.78 is 6.18. The predicted molar refractivity (Wildman–Crippen MR) is 90.1 cm³/mol. The smallest absolute Gasteiger partial charge is 0.0631 e. The first-order valence-electron chi connectivity index (χ1n) is 8.02. The Balaban J connectivity index is 2.05. The van der Waals surface area contributed by atoms with Crippen LogP contribution in [-0.4, -0.2) is 24.3 Å². The maximum atomic E-state index is 6.18. The van der Waals surface area contributed by atoms with E-state index in [1.807, 2.05) is 12.1 Å². The summed E-state index contributed by atoms with van der Waals surface area (Å²) in [5, 5.41) is 4.37. The Bertz CT molecular complexity index is 458. The minimum absolute atomic E-state index is 0.0367. The first-order chi connectivity index (χ1) is 9.85. The van der Waals surface area contributed by atoms with Crippen molar-refractivity contribution in [1.82, 2.24) is 5.32 Å². The normalized spacial score (nSPS) is 22.7. The fourth-order valence-electron chi connectivity index (χ4n) is 3.04. The molecule has 2 unspecified atom stereocenters. The molecule has 1 aromatic carbocycles. The van der Waals surface area contributed by atoms with E-state index in [4.69, 9.17) is 16.3 Å². The molecular formula is C18H28ClNO. The van der Waals surface area contributed by atoms with Crippen LogP contribution in [-0.2, 0) is 4.74 Å². The van der Waals surface area contributed by atoms with E-state index < -0.39 is 0 Å². The molecule has 2 rings (SSSR count). The van der Waals surface area contributed by atoms with E-state index >= 15 is 0 Å². The summed E-state index contributed by atoms with van der Waals surface area (Å²) in [6.45, 7) is 9.72. The van der Waals surface area contributed by atoms with Crippen LogP contribution in [0, 0.1) is 0 Å². The first kappa shape index (κ1) is 16.8. The molecule has 3 heteroatoms. The molecular weight excluding hydrogens is 282 g/mol. The minimum atomic E-state index is 0.0367. The molecule has 1 aromatic rings. The van der Waals surface area contributed by atoms with Crippen molar-refractivity contribution in [2.45, 2.75) is 70.6 Å². The lowest BCUT2D eigenvalue weighted by molar-refractivity contribution is -0.0209. The molecule has 0 aliphatic carbocycles. The van der Waals surface area contributed by atoms with Crippen molar-refractivity contribution >= 4 is 11.6 Å². The van der Waals surface area contributed by atoms with Gasteiger partial charge in [0.25, 0.3) is 0 Å². The SMILES string of the molecule is CC(C)NCC(CC1CCC(C)(C)O1)c1cccc(Cl)c1. The Labute approximate surface area is 134 Å². The van der Waals surface area contributed by atoms with Gasteiger partial charge in [0.2, 0.25) is 0 Å². The summed E-state index contributed by atoms with van der Waals surface area (Å²) in [4.78, 5) is 0. The summed E-state index contributed by atoms with van der Waals surface area (Å²) in [7, 11) is 0. The van der Waals surface area contributed by atoms with Crippen LogP contribution < -0.4 is 5.32 Å². The summed E-state index contributed by atoms with van der Waals surface area (Å²) in [6.07, 6.45) is 3.73. The maximum absolute atomic E-state index is 6.18. The van der Waals surface area contributed by atoms with Gasteiger partial charge in [-0.15, -0.1) is 0 Å². The van der Waals surface area contributed by atoms with Crippen LogP contribution in [0.3, 0.4) is 0 Å². The number of hydrogen-bond donors (Lipinski definition) is 1. The highest BCUT2D eigenvalue weighted by Gasteiger charge is 2.33. The third kappa shape index (κ3) is 5.28. The molecule has 0 aromatic heterocycles. The lowest BCUT2D eigenvalue weighted by atomic mass is 9.91. The molecule has 0 saturated carbocycles. The molecule has 0 bridgehead atoms. The molecule has 1 heterocycles. The van der Waals surface area contributed by atoms with E-state index in [0.717, 1.165) is 30.8 Å². The predicted octanol–water partition coefficient (Wildman–Crippen LogP) is 4.77. The first-order valence-corrected chi connectivity index (χ1v) is 8.40. The van der Waals surface area contributed by atoms with Crippen LogP contribution in [0.5, 0.6) is 0 Å². The standard InChI is InChI=1S/C18H28ClNO/c1-13(2)20-12-15(14-6-5-7-16(19)10-14)11-17-8-9-18(3,4)21-17/h5-7,10,13,15,17,20H,8-9,11-12H2,1-4H3. The second kappa shape index (κ2) is 7.13. The zero-order valence-corrected chi connectivity index (χ0v) is 14.4. The van der Waals surface area contributed by atoms with Crippen LogP contribution >= 0.6 is 11.6 Å². The number of ether oxygens (including phenoxy) is 1. The van der Waals surface area contributed by atoms with Gasteiger partial charge in [0.1, 0.15) is 0 Å². The Kier molecular flexibility index (Phi) is 5.70. The molecule has 1 fully saturated rings. The van der Waals surface area contributed by atoms with E-state index in [1.165, 1.54) is 5.56 Å². The van der Waals surface area contributed by atoms with E-state index in [-0.39, 0.29) is 5.60 Å². The van der Waals surface area contributed by atoms with Gasteiger partial charge in [-0.25, -0.2) is 0 Å². The van der Waals surface area contributed by atoms with Gasteiger partial charge in [0.15, 0.2) is 0 Å². The molecule has 1 N–H and O–H groups in total. The van der Waals surface area contributed by atoms with Crippen LogP contribution in [0.2, 0.25) is 5.02 Å². The van der Waals surface area contributed by atoms with Crippen molar-refractivity contribution in [3.63, 3.8) is 0 Å². The number of hydrogen-bond acceptors (Lipinski definition) is 2. The van der Waals surface area contributed by atoms with Gasteiger partial charge in [-0.05, 0) is 56.7 Å². The average Bonchev–Trinajstić information content (AvgIpc) is 2.73. The Morgan fingerprint density at radius 2 is 2.14 bits per heavy atom. The number of nitrogens with one attached hydrogen (secondary N) is 1. The zero-order valence-electron chi connectivity index (χ0n) is 13.7. The number of rotatable bonds is 6. The molecule has 0 spiro atoms. The summed E-state index contributed by atoms with van der Waals surface area (Å²) in [5.74, 6) is 0.449. The lowest BCUT2D eigenvalue weighted by Crippen LogP contribution is -2.30. The van der Waals surface area contributed by atoms with Gasteiger partial charge in [0.05, 0.1) is 11.7 Å². The van der Waals surface area contributed by atoms with Gasteiger partial charge in [-0.2, -0.15) is 0 Å². The lowest BCUT2D eigenvalue weighted by Gasteiger charge is -2.25. The maximum Gasteiger partial charge on any atom is 0.0631 e. The van der Waals surface area contributed by atoms with Crippen LogP contribution in [0.25, 0.3) is 0 Å². The topological polar surface area (TPSA) is 21.3 Å². The van der Waals surface area contributed by atoms with Crippen molar-refractivity contribution < 1.29 is 4.74 Å². The van der Waals surface area contributed by atoms with Crippen molar-refractivity contribution in [1.29, 1.82) is 0 Å². The molecule has 1 saturated heterocycles. The van der Waals surface area contributed by atoms with Gasteiger partial charge in [-0.3, -0.25) is 0 Å². The van der Waals surface area contributed by atoms with E-state index in [9.17, 15) is 0 Å². The van der Waals surface area contributed by atoms with E-state index in [2.05, 4.69) is 45.1 Å². The molecule has 118 valence electrons. The van der Waals surface area contributed by atoms with Gasteiger partial charge >= 0.3 is 0 Å². The summed E-state index contributed by atoms with van der Waals surface area (Å²) >= 11 is 6.16. The zero-order chi connectivity index (χ0) is 15.5. The Hall–Kier alpha value is -0.570. The molecule has 0 radical (unpaired) electrons. The van der Waals surface area contributed by atoms with Gasteiger partial charge in [0, 0.05) is 17.6 Å². The van der Waals surface area contributed by atoms with Crippen LogP contribution in [0.15, 0.2) is 24.3 Å². The fraction of sp³-hybridized carbons (Fsp3) is 0.667. The van der Waals surface area contributed by atoms with Crippen molar-refractivity contribution in [2.24, 2.45) is 0 Å². The van der Waals surface area contributed by atoms with E-state index in [0.29, 0.717) is 18.1 Å². The third-order valence-corrected chi connectivity index (χ3v) is 4.43. The molecule has 0 amide bonds. The third-order valence-electron chi connectivity index (χ3n) is 4.19. The van der Waals surface area contributed by atoms with E-state index in [1.54, 1.807) is 0 Å². The van der Waals surface area contributed by atoms with Crippen LogP contribution in [0.1, 0.15) is 58.4 Å². The largest absolute Gasteiger partial charge is 0.372 e. The second-order valence-electron chi connectivity index (χ2n) is 7.09. The van der Waals surface area contributed by atoms with Gasteiger partial charge in [-0.1, -0.05) is 37.6 Å². The van der Waals surface area contributed by atoms with Crippen molar-refractivity contribution in [3.8, 4) is 0 Å². The number of halogens is 1. The Morgan fingerprint density at radius 3 is 2.71 bits per heavy atom. The summed E-state index contributed by atoms with van der Waals surface area (Å²) in [5.41, 5.74) is 1.35. The molecule has 2 nitrogen and oxygen atoms in total. The molecule has 1 aliphatic rings. The molecule has 21 heavy (non-hydrogen) atoms. The number of benzene rings is 1. The monoisotopic (exact) mass is 309 g/mol. The minimum Gasteiger partial charge on any atom is -0.372 e. The molecule has 2 atom stereocenters. The van der Waals surface area contributed by atoms with Crippen LogP contribution in [0.4, 0.5) is 0 Å². The van der Waals surface area contributed by atoms with Crippen molar-refractivity contribution in [2.75, 3.05) is 6.54 Å². The highest BCUT2D eigenvalue weighted by atomic mass is 35.5. The molecule has 1 aliphatic heterocycles. The quantitative estimate of drug-likeness (QED) is 0.817. The Morgan fingerprint density at radius 1 is 1.38 bits per heavy atom.